The van der Waals surface area contributed by atoms with Gasteiger partial charge in [-0.1, -0.05) is 19.9 Å². The molecule has 152 valence electrons. The van der Waals surface area contributed by atoms with Crippen LogP contribution in [-0.4, -0.2) is 36.3 Å². The number of carbonyl (C=O) groups is 1. The molecule has 1 aliphatic heterocycles. The molecule has 0 aliphatic carbocycles. The molecule has 0 fully saturated rings. The van der Waals surface area contributed by atoms with E-state index in [4.69, 9.17) is 0 Å². The maximum absolute atomic E-state index is 12.7. The van der Waals surface area contributed by atoms with Crippen LogP contribution in [0.4, 0.5) is 0 Å². The third-order valence-corrected chi connectivity index (χ3v) is 5.97. The first-order valence-corrected chi connectivity index (χ1v) is 10.7. The van der Waals surface area contributed by atoms with E-state index in [9.17, 15) is 9.59 Å². The van der Waals surface area contributed by atoms with E-state index in [0.29, 0.717) is 36.9 Å². The number of rotatable bonds is 5. The molecule has 0 radical (unpaired) electrons. The molecule has 1 atom stereocenters. The summed E-state index contributed by atoms with van der Waals surface area (Å²) in [6.45, 7) is 5.07. The van der Waals surface area contributed by atoms with Crippen LogP contribution >= 0.6 is 11.3 Å². The van der Waals surface area contributed by atoms with Crippen LogP contribution in [0.5, 0.6) is 0 Å². The fourth-order valence-corrected chi connectivity index (χ4v) is 4.32. The number of hydrogen-bond donors (Lipinski definition) is 1. The predicted molar refractivity (Wildman–Crippen MR) is 110 cm³/mol. The quantitative estimate of drug-likeness (QED) is 0.693. The fourth-order valence-electron chi connectivity index (χ4n) is 3.44. The van der Waals surface area contributed by atoms with Crippen LogP contribution in [0.2, 0.25) is 0 Å². The molecular formula is C20H24N6O2S. The SMILES string of the molecule is CC(C)c1csc(C(=O)NC2CCc3nn(Cc4cccnc4)c(=O)n3CC2)n1. The van der Waals surface area contributed by atoms with E-state index in [-0.39, 0.29) is 17.6 Å². The van der Waals surface area contributed by atoms with E-state index in [1.165, 1.54) is 16.0 Å². The van der Waals surface area contributed by atoms with Crippen LogP contribution in [0, 0.1) is 0 Å². The number of thiazole rings is 1. The summed E-state index contributed by atoms with van der Waals surface area (Å²) in [6, 6.07) is 3.78. The number of nitrogens with zero attached hydrogens (tertiary/aromatic N) is 5. The molecule has 0 saturated carbocycles. The summed E-state index contributed by atoms with van der Waals surface area (Å²) in [5, 5.41) is 10.0. The minimum Gasteiger partial charge on any atom is -0.347 e. The van der Waals surface area contributed by atoms with Gasteiger partial charge in [0, 0.05) is 36.8 Å². The van der Waals surface area contributed by atoms with Gasteiger partial charge < -0.3 is 5.32 Å². The first-order valence-electron chi connectivity index (χ1n) is 9.83. The van der Waals surface area contributed by atoms with Crippen LogP contribution in [-0.2, 0) is 19.5 Å². The lowest BCUT2D eigenvalue weighted by Gasteiger charge is -2.15. The second-order valence-corrected chi connectivity index (χ2v) is 8.46. The zero-order valence-electron chi connectivity index (χ0n) is 16.5. The van der Waals surface area contributed by atoms with E-state index in [0.717, 1.165) is 23.5 Å². The van der Waals surface area contributed by atoms with Crippen molar-refractivity contribution in [2.75, 3.05) is 0 Å². The Kier molecular flexibility index (Phi) is 5.57. The van der Waals surface area contributed by atoms with E-state index in [1.807, 2.05) is 17.5 Å². The van der Waals surface area contributed by atoms with Gasteiger partial charge in [-0.3, -0.25) is 14.3 Å². The van der Waals surface area contributed by atoms with Gasteiger partial charge in [0.25, 0.3) is 5.91 Å². The van der Waals surface area contributed by atoms with Crippen molar-refractivity contribution < 1.29 is 4.79 Å². The van der Waals surface area contributed by atoms with Crippen molar-refractivity contribution in [3.8, 4) is 0 Å². The van der Waals surface area contributed by atoms with E-state index in [2.05, 4.69) is 34.2 Å². The summed E-state index contributed by atoms with van der Waals surface area (Å²) in [7, 11) is 0. The Morgan fingerprint density at radius 2 is 2.24 bits per heavy atom. The lowest BCUT2D eigenvalue weighted by Crippen LogP contribution is -2.35. The van der Waals surface area contributed by atoms with Crippen molar-refractivity contribution in [3.63, 3.8) is 0 Å². The lowest BCUT2D eigenvalue weighted by molar-refractivity contribution is 0.0932. The minimum absolute atomic E-state index is 0.00164. The van der Waals surface area contributed by atoms with Gasteiger partial charge in [0.05, 0.1) is 12.2 Å². The van der Waals surface area contributed by atoms with Crippen LogP contribution in [0.15, 0.2) is 34.7 Å². The first-order chi connectivity index (χ1) is 14.0. The molecule has 3 aromatic heterocycles. The molecule has 0 bridgehead atoms. The molecule has 3 aromatic rings. The van der Waals surface area contributed by atoms with Gasteiger partial charge in [-0.15, -0.1) is 11.3 Å². The molecule has 1 N–H and O–H groups in total. The maximum atomic E-state index is 12.7. The van der Waals surface area contributed by atoms with Crippen LogP contribution in [0.3, 0.4) is 0 Å². The van der Waals surface area contributed by atoms with Crippen molar-refractivity contribution in [1.29, 1.82) is 0 Å². The summed E-state index contributed by atoms with van der Waals surface area (Å²) in [4.78, 5) is 33.8. The molecule has 4 heterocycles. The third-order valence-electron chi connectivity index (χ3n) is 5.12. The van der Waals surface area contributed by atoms with Crippen molar-refractivity contribution in [2.24, 2.45) is 0 Å². The van der Waals surface area contributed by atoms with Gasteiger partial charge in [0.2, 0.25) is 0 Å². The number of amides is 1. The summed E-state index contributed by atoms with van der Waals surface area (Å²) in [5.74, 6) is 0.934. The lowest BCUT2D eigenvalue weighted by atomic mass is 10.1. The zero-order chi connectivity index (χ0) is 20.4. The van der Waals surface area contributed by atoms with Gasteiger partial charge in [-0.05, 0) is 30.4 Å². The Morgan fingerprint density at radius 1 is 1.38 bits per heavy atom. The normalized spacial score (nSPS) is 16.4. The maximum Gasteiger partial charge on any atom is 0.346 e. The highest BCUT2D eigenvalue weighted by atomic mass is 32.1. The number of carbonyl (C=O) groups excluding carboxylic acids is 1. The summed E-state index contributed by atoms with van der Waals surface area (Å²) >= 11 is 1.37. The number of fused-ring (bicyclic) bond motifs is 1. The largest absolute Gasteiger partial charge is 0.347 e. The number of aryl methyl sites for hydroxylation is 1. The van der Waals surface area contributed by atoms with Gasteiger partial charge in [0.15, 0.2) is 5.01 Å². The Balaban J connectivity index is 1.41. The molecule has 0 aromatic carbocycles. The Hall–Kier alpha value is -2.81. The van der Waals surface area contributed by atoms with E-state index in [1.54, 1.807) is 17.0 Å². The Morgan fingerprint density at radius 3 is 2.97 bits per heavy atom. The van der Waals surface area contributed by atoms with E-state index >= 15 is 0 Å². The molecular weight excluding hydrogens is 388 g/mol. The Bertz CT molecular complexity index is 1050. The molecule has 1 aliphatic rings. The van der Waals surface area contributed by atoms with Crippen LogP contribution in [0.25, 0.3) is 0 Å². The number of pyridine rings is 1. The van der Waals surface area contributed by atoms with E-state index < -0.39 is 0 Å². The van der Waals surface area contributed by atoms with Gasteiger partial charge in [-0.25, -0.2) is 14.5 Å². The average molecular weight is 413 g/mol. The molecule has 1 amide bonds. The number of nitrogens with one attached hydrogen (secondary N) is 1. The smallest absolute Gasteiger partial charge is 0.346 e. The van der Waals surface area contributed by atoms with Crippen molar-refractivity contribution in [2.45, 2.75) is 58.2 Å². The minimum atomic E-state index is -0.138. The zero-order valence-corrected chi connectivity index (χ0v) is 17.4. The molecule has 0 spiro atoms. The second-order valence-electron chi connectivity index (χ2n) is 7.60. The van der Waals surface area contributed by atoms with Gasteiger partial charge in [-0.2, -0.15) is 5.10 Å². The number of aromatic nitrogens is 5. The number of hydrogen-bond acceptors (Lipinski definition) is 6. The average Bonchev–Trinajstić information content (AvgIpc) is 3.26. The highest BCUT2D eigenvalue weighted by Gasteiger charge is 2.23. The first kappa shape index (κ1) is 19.5. The van der Waals surface area contributed by atoms with Gasteiger partial charge >= 0.3 is 5.69 Å². The predicted octanol–water partition coefficient (Wildman–Crippen LogP) is 2.20. The molecule has 0 saturated heterocycles. The molecule has 9 heteroatoms. The fraction of sp³-hybridized carbons (Fsp3) is 0.450. The summed E-state index contributed by atoms with van der Waals surface area (Å²) in [5.41, 5.74) is 1.77. The van der Waals surface area contributed by atoms with Crippen LogP contribution < -0.4 is 11.0 Å². The molecule has 8 nitrogen and oxygen atoms in total. The van der Waals surface area contributed by atoms with Crippen molar-refractivity contribution in [3.05, 3.63) is 62.5 Å². The Labute approximate surface area is 172 Å². The molecule has 1 unspecified atom stereocenters. The summed E-state index contributed by atoms with van der Waals surface area (Å²) in [6.07, 6.45) is 5.54. The highest BCUT2D eigenvalue weighted by Crippen LogP contribution is 2.19. The molecule has 29 heavy (non-hydrogen) atoms. The second kappa shape index (κ2) is 8.28. The van der Waals surface area contributed by atoms with Crippen molar-refractivity contribution in [1.82, 2.24) is 29.6 Å². The third kappa shape index (κ3) is 4.29. The topological polar surface area (TPSA) is 94.7 Å². The molecule has 4 rings (SSSR count). The standard InChI is InChI=1S/C20H24N6O2S/c1-13(2)16-12-29-19(23-16)18(27)22-15-5-6-17-24-26(20(28)25(17)9-7-15)11-14-4-3-8-21-10-14/h3-4,8,10,12-13,15H,5-7,9,11H2,1-2H3,(H,22,27). The monoisotopic (exact) mass is 412 g/mol. The van der Waals surface area contributed by atoms with Crippen molar-refractivity contribution >= 4 is 17.2 Å². The van der Waals surface area contributed by atoms with Gasteiger partial charge in [0.1, 0.15) is 5.82 Å². The highest BCUT2D eigenvalue weighted by molar-refractivity contribution is 7.11. The van der Waals surface area contributed by atoms with Crippen LogP contribution in [0.1, 0.15) is 59.5 Å². The summed E-state index contributed by atoms with van der Waals surface area (Å²) < 4.78 is 3.22.